The van der Waals surface area contributed by atoms with E-state index in [1.54, 1.807) is 12.1 Å². The zero-order chi connectivity index (χ0) is 13.6. The second-order valence-corrected chi connectivity index (χ2v) is 5.40. The van der Waals surface area contributed by atoms with Crippen LogP contribution in [0.1, 0.15) is 11.1 Å². The number of hydrogen-bond donors (Lipinski definition) is 0. The maximum atomic E-state index is 6.10. The van der Waals surface area contributed by atoms with Gasteiger partial charge in [0.05, 0.1) is 5.02 Å². The average molecular weight is 292 g/mol. The van der Waals surface area contributed by atoms with Crippen molar-refractivity contribution in [1.82, 2.24) is 4.98 Å². The molecule has 0 saturated carbocycles. The number of hydrogen-bond acceptors (Lipinski definition) is 2. The number of aromatic nitrogens is 1. The molecule has 0 bridgehead atoms. The van der Waals surface area contributed by atoms with E-state index in [0.29, 0.717) is 27.0 Å². The molecule has 2 aromatic carbocycles. The summed E-state index contributed by atoms with van der Waals surface area (Å²) in [5.41, 5.74) is 4.61. The van der Waals surface area contributed by atoms with E-state index in [4.69, 9.17) is 27.6 Å². The Morgan fingerprint density at radius 2 is 1.79 bits per heavy atom. The molecule has 1 aromatic heterocycles. The van der Waals surface area contributed by atoms with Gasteiger partial charge in [-0.2, -0.15) is 0 Å². The zero-order valence-corrected chi connectivity index (χ0v) is 12.0. The third-order valence-electron chi connectivity index (χ3n) is 3.16. The Kier molecular flexibility index (Phi) is 3.00. The lowest BCUT2D eigenvalue weighted by molar-refractivity contribution is 0.620. The highest BCUT2D eigenvalue weighted by atomic mass is 35.5. The summed E-state index contributed by atoms with van der Waals surface area (Å²) in [5.74, 6) is 0.558. The van der Waals surface area contributed by atoms with E-state index in [2.05, 4.69) is 24.9 Å². The summed E-state index contributed by atoms with van der Waals surface area (Å²) in [6, 6.07) is 9.49. The predicted octanol–water partition coefficient (Wildman–Crippen LogP) is 5.42. The van der Waals surface area contributed by atoms with Gasteiger partial charge in [-0.25, -0.2) is 4.98 Å². The van der Waals surface area contributed by atoms with Crippen molar-refractivity contribution < 1.29 is 4.42 Å². The fourth-order valence-corrected chi connectivity index (χ4v) is 2.48. The minimum Gasteiger partial charge on any atom is -0.435 e. The van der Waals surface area contributed by atoms with Crippen molar-refractivity contribution in [3.8, 4) is 11.5 Å². The van der Waals surface area contributed by atoms with E-state index in [1.807, 2.05) is 12.1 Å². The first-order valence-electron chi connectivity index (χ1n) is 5.88. The van der Waals surface area contributed by atoms with Crippen molar-refractivity contribution in [1.29, 1.82) is 0 Å². The molecular formula is C15H11Cl2NO. The summed E-state index contributed by atoms with van der Waals surface area (Å²) >= 11 is 12.1. The van der Waals surface area contributed by atoms with Gasteiger partial charge < -0.3 is 4.42 Å². The zero-order valence-electron chi connectivity index (χ0n) is 10.5. The molecule has 19 heavy (non-hydrogen) atoms. The van der Waals surface area contributed by atoms with Gasteiger partial charge in [-0.05, 0) is 49.2 Å². The summed E-state index contributed by atoms with van der Waals surface area (Å²) in [4.78, 5) is 4.44. The van der Waals surface area contributed by atoms with Gasteiger partial charge in [0.2, 0.25) is 5.89 Å². The summed E-state index contributed by atoms with van der Waals surface area (Å²) in [6.45, 7) is 4.13. The van der Waals surface area contributed by atoms with Crippen molar-refractivity contribution in [3.05, 3.63) is 51.5 Å². The van der Waals surface area contributed by atoms with Gasteiger partial charge in [0.1, 0.15) is 5.52 Å². The molecule has 96 valence electrons. The number of oxazole rings is 1. The molecule has 3 aromatic rings. The Hall–Kier alpha value is -1.51. The molecule has 0 aliphatic heterocycles. The van der Waals surface area contributed by atoms with Gasteiger partial charge in [-0.3, -0.25) is 0 Å². The molecule has 0 fully saturated rings. The highest BCUT2D eigenvalue weighted by Gasteiger charge is 2.12. The average Bonchev–Trinajstić information content (AvgIpc) is 2.76. The first-order chi connectivity index (χ1) is 9.04. The molecule has 0 aliphatic carbocycles. The van der Waals surface area contributed by atoms with Crippen molar-refractivity contribution in [2.75, 3.05) is 0 Å². The summed E-state index contributed by atoms with van der Waals surface area (Å²) in [6.07, 6.45) is 0. The summed E-state index contributed by atoms with van der Waals surface area (Å²) in [7, 11) is 0. The third-order valence-corrected chi connectivity index (χ3v) is 3.66. The quantitative estimate of drug-likeness (QED) is 0.598. The number of aryl methyl sites for hydroxylation is 2. The first-order valence-corrected chi connectivity index (χ1v) is 6.63. The summed E-state index contributed by atoms with van der Waals surface area (Å²) in [5, 5.41) is 1.03. The molecule has 3 rings (SSSR count). The van der Waals surface area contributed by atoms with Crippen LogP contribution in [0.4, 0.5) is 0 Å². The van der Waals surface area contributed by atoms with Crippen LogP contribution in [0, 0.1) is 13.8 Å². The summed E-state index contributed by atoms with van der Waals surface area (Å²) < 4.78 is 5.73. The Labute approximate surface area is 121 Å². The topological polar surface area (TPSA) is 26.0 Å². The van der Waals surface area contributed by atoms with Gasteiger partial charge >= 0.3 is 0 Å². The Balaban J connectivity index is 2.20. The van der Waals surface area contributed by atoms with Crippen LogP contribution in [0.15, 0.2) is 34.7 Å². The standard InChI is InChI=1S/C15H11Cl2NO/c1-8-3-4-10(5-9(8)2)15-18-13-7-11(16)6-12(17)14(13)19-15/h3-7H,1-2H3. The molecule has 0 atom stereocenters. The minimum atomic E-state index is 0.477. The SMILES string of the molecule is Cc1ccc(-c2nc3cc(Cl)cc(Cl)c3o2)cc1C. The molecule has 1 heterocycles. The largest absolute Gasteiger partial charge is 0.435 e. The van der Waals surface area contributed by atoms with E-state index >= 15 is 0 Å². The molecule has 0 N–H and O–H groups in total. The van der Waals surface area contributed by atoms with E-state index in [1.165, 1.54) is 11.1 Å². The molecular weight excluding hydrogens is 281 g/mol. The molecule has 0 saturated heterocycles. The smallest absolute Gasteiger partial charge is 0.227 e. The second kappa shape index (κ2) is 4.55. The fraction of sp³-hybridized carbons (Fsp3) is 0.133. The molecule has 0 spiro atoms. The number of halogens is 2. The van der Waals surface area contributed by atoms with Crippen molar-refractivity contribution in [3.63, 3.8) is 0 Å². The van der Waals surface area contributed by atoms with Crippen LogP contribution < -0.4 is 0 Å². The van der Waals surface area contributed by atoms with E-state index in [9.17, 15) is 0 Å². The number of benzene rings is 2. The Morgan fingerprint density at radius 1 is 1.00 bits per heavy atom. The van der Waals surface area contributed by atoms with Crippen molar-refractivity contribution in [2.24, 2.45) is 0 Å². The molecule has 0 aliphatic rings. The molecule has 2 nitrogen and oxygen atoms in total. The highest BCUT2D eigenvalue weighted by molar-refractivity contribution is 6.38. The second-order valence-electron chi connectivity index (χ2n) is 4.55. The first kappa shape index (κ1) is 12.5. The van der Waals surface area contributed by atoms with Crippen LogP contribution >= 0.6 is 23.2 Å². The highest BCUT2D eigenvalue weighted by Crippen LogP contribution is 2.32. The lowest BCUT2D eigenvalue weighted by Gasteiger charge is -2.01. The van der Waals surface area contributed by atoms with Crippen LogP contribution in [0.5, 0.6) is 0 Å². The van der Waals surface area contributed by atoms with Gasteiger partial charge in [-0.15, -0.1) is 0 Å². The van der Waals surface area contributed by atoms with E-state index in [-0.39, 0.29) is 0 Å². The van der Waals surface area contributed by atoms with Crippen molar-refractivity contribution in [2.45, 2.75) is 13.8 Å². The van der Waals surface area contributed by atoms with Gasteiger partial charge in [0, 0.05) is 10.6 Å². The van der Waals surface area contributed by atoms with Crippen LogP contribution in [0.3, 0.4) is 0 Å². The predicted molar refractivity (Wildman–Crippen MR) is 78.9 cm³/mol. The lowest BCUT2D eigenvalue weighted by atomic mass is 10.1. The van der Waals surface area contributed by atoms with Crippen LogP contribution in [-0.2, 0) is 0 Å². The van der Waals surface area contributed by atoms with Gasteiger partial charge in [0.25, 0.3) is 0 Å². The Bertz CT molecular complexity index is 777. The normalized spacial score (nSPS) is 11.2. The monoisotopic (exact) mass is 291 g/mol. The number of fused-ring (bicyclic) bond motifs is 1. The molecule has 4 heteroatoms. The molecule has 0 radical (unpaired) electrons. The minimum absolute atomic E-state index is 0.477. The molecule has 0 unspecified atom stereocenters. The van der Waals surface area contributed by atoms with Crippen LogP contribution in [-0.4, -0.2) is 4.98 Å². The van der Waals surface area contributed by atoms with E-state index in [0.717, 1.165) is 5.56 Å². The van der Waals surface area contributed by atoms with Crippen LogP contribution in [0.2, 0.25) is 10.0 Å². The number of rotatable bonds is 1. The lowest BCUT2D eigenvalue weighted by Crippen LogP contribution is -1.83. The van der Waals surface area contributed by atoms with Crippen LogP contribution in [0.25, 0.3) is 22.6 Å². The van der Waals surface area contributed by atoms with Gasteiger partial charge in [0.15, 0.2) is 5.58 Å². The maximum absolute atomic E-state index is 6.10. The van der Waals surface area contributed by atoms with Gasteiger partial charge in [-0.1, -0.05) is 29.3 Å². The maximum Gasteiger partial charge on any atom is 0.227 e. The molecule has 0 amide bonds. The van der Waals surface area contributed by atoms with Crippen molar-refractivity contribution >= 4 is 34.3 Å². The van der Waals surface area contributed by atoms with E-state index < -0.39 is 0 Å². The fourth-order valence-electron chi connectivity index (χ4n) is 1.96. The number of nitrogens with zero attached hydrogens (tertiary/aromatic N) is 1. The Morgan fingerprint density at radius 3 is 2.53 bits per heavy atom. The third kappa shape index (κ3) is 2.22.